The fourth-order valence-corrected chi connectivity index (χ4v) is 3.12. The van der Waals surface area contributed by atoms with Crippen LogP contribution in [0.15, 0.2) is 18.2 Å². The number of hydrogen-bond donors (Lipinski definition) is 1. The van der Waals surface area contributed by atoms with Crippen molar-refractivity contribution in [1.29, 1.82) is 0 Å². The Labute approximate surface area is 127 Å². The second kappa shape index (κ2) is 7.43. The van der Waals surface area contributed by atoms with Gasteiger partial charge in [-0.05, 0) is 50.7 Å². The highest BCUT2D eigenvalue weighted by Crippen LogP contribution is 2.29. The summed E-state index contributed by atoms with van der Waals surface area (Å²) in [5, 5.41) is 3.15. The average Bonchev–Trinajstić information content (AvgIpc) is 2.54. The molecule has 0 atom stereocenters. The van der Waals surface area contributed by atoms with Crippen molar-refractivity contribution in [3.05, 3.63) is 23.9 Å². The molecular formula is C17H27N3O. The van der Waals surface area contributed by atoms with Gasteiger partial charge in [0, 0.05) is 19.6 Å². The van der Waals surface area contributed by atoms with E-state index in [0.717, 1.165) is 31.1 Å². The third kappa shape index (κ3) is 3.96. The van der Waals surface area contributed by atoms with E-state index in [1.165, 1.54) is 19.3 Å². The fraction of sp³-hybridized carbons (Fsp3) is 0.647. The quantitative estimate of drug-likeness (QED) is 0.901. The lowest BCUT2D eigenvalue weighted by atomic mass is 9.84. The summed E-state index contributed by atoms with van der Waals surface area (Å²) in [6, 6.07) is 5.95. The lowest BCUT2D eigenvalue weighted by Gasteiger charge is -2.34. The Hall–Kier alpha value is -1.58. The molecular weight excluding hydrogens is 262 g/mol. The predicted molar refractivity (Wildman–Crippen MR) is 86.5 cm³/mol. The molecule has 1 N–H and O–H groups in total. The van der Waals surface area contributed by atoms with Gasteiger partial charge in [-0.15, -0.1) is 0 Å². The van der Waals surface area contributed by atoms with Gasteiger partial charge >= 0.3 is 0 Å². The smallest absolute Gasteiger partial charge is 0.272 e. The van der Waals surface area contributed by atoms with Gasteiger partial charge < -0.3 is 10.2 Å². The van der Waals surface area contributed by atoms with E-state index in [2.05, 4.69) is 17.2 Å². The van der Waals surface area contributed by atoms with E-state index >= 15 is 0 Å². The molecule has 0 unspecified atom stereocenters. The Kier molecular flexibility index (Phi) is 5.59. The van der Waals surface area contributed by atoms with E-state index in [1.54, 1.807) is 6.07 Å². The van der Waals surface area contributed by atoms with Crippen LogP contribution in [0.1, 0.15) is 56.4 Å². The SMILES string of the molecule is CCNc1cccc(C(=O)N(C)C2CCC(CC)CC2)n1. The zero-order chi connectivity index (χ0) is 15.2. The molecule has 1 aliphatic rings. The number of pyridine rings is 1. The minimum atomic E-state index is 0.0368. The summed E-state index contributed by atoms with van der Waals surface area (Å²) in [6.45, 7) is 5.09. The summed E-state index contributed by atoms with van der Waals surface area (Å²) in [5.41, 5.74) is 0.536. The fourth-order valence-electron chi connectivity index (χ4n) is 3.12. The van der Waals surface area contributed by atoms with Gasteiger partial charge in [0.2, 0.25) is 0 Å². The average molecular weight is 289 g/mol. The molecule has 1 heterocycles. The first-order valence-electron chi connectivity index (χ1n) is 8.13. The molecule has 0 saturated heterocycles. The topological polar surface area (TPSA) is 45.2 Å². The molecule has 1 aromatic rings. The maximum absolute atomic E-state index is 12.6. The lowest BCUT2D eigenvalue weighted by Crippen LogP contribution is -2.39. The Morgan fingerprint density at radius 2 is 2.00 bits per heavy atom. The number of hydrogen-bond acceptors (Lipinski definition) is 3. The Balaban J connectivity index is 2.00. The molecule has 0 radical (unpaired) electrons. The zero-order valence-electron chi connectivity index (χ0n) is 13.4. The molecule has 21 heavy (non-hydrogen) atoms. The number of carbonyl (C=O) groups is 1. The van der Waals surface area contributed by atoms with Gasteiger partial charge in [0.15, 0.2) is 0 Å². The maximum atomic E-state index is 12.6. The molecule has 116 valence electrons. The van der Waals surface area contributed by atoms with Gasteiger partial charge in [-0.2, -0.15) is 0 Å². The largest absolute Gasteiger partial charge is 0.370 e. The van der Waals surface area contributed by atoms with Gasteiger partial charge in [-0.25, -0.2) is 4.98 Å². The van der Waals surface area contributed by atoms with Crippen molar-refractivity contribution >= 4 is 11.7 Å². The van der Waals surface area contributed by atoms with Crippen molar-refractivity contribution in [2.24, 2.45) is 5.92 Å². The van der Waals surface area contributed by atoms with Crippen LogP contribution >= 0.6 is 0 Å². The molecule has 2 rings (SSSR count). The van der Waals surface area contributed by atoms with E-state index in [-0.39, 0.29) is 5.91 Å². The Morgan fingerprint density at radius 3 is 2.62 bits per heavy atom. The van der Waals surface area contributed by atoms with Crippen LogP contribution in [0.5, 0.6) is 0 Å². The Bertz CT molecular complexity index is 467. The second-order valence-electron chi connectivity index (χ2n) is 5.94. The van der Waals surface area contributed by atoms with Crippen LogP contribution in [-0.4, -0.2) is 35.4 Å². The molecule has 0 bridgehead atoms. The third-order valence-electron chi connectivity index (χ3n) is 4.59. The van der Waals surface area contributed by atoms with Gasteiger partial charge in [0.1, 0.15) is 11.5 Å². The van der Waals surface area contributed by atoms with Gasteiger partial charge in [0.25, 0.3) is 5.91 Å². The molecule has 0 aromatic carbocycles. The van der Waals surface area contributed by atoms with Crippen molar-refractivity contribution < 1.29 is 4.79 Å². The maximum Gasteiger partial charge on any atom is 0.272 e. The van der Waals surface area contributed by atoms with Crippen LogP contribution in [0.25, 0.3) is 0 Å². The molecule has 4 heteroatoms. The van der Waals surface area contributed by atoms with E-state index in [4.69, 9.17) is 0 Å². The van der Waals surface area contributed by atoms with Crippen molar-refractivity contribution in [3.8, 4) is 0 Å². The molecule has 0 aliphatic heterocycles. The van der Waals surface area contributed by atoms with Crippen molar-refractivity contribution in [3.63, 3.8) is 0 Å². The zero-order valence-corrected chi connectivity index (χ0v) is 13.4. The number of aromatic nitrogens is 1. The van der Waals surface area contributed by atoms with Crippen LogP contribution in [0.3, 0.4) is 0 Å². The summed E-state index contributed by atoms with van der Waals surface area (Å²) >= 11 is 0. The molecule has 1 aliphatic carbocycles. The third-order valence-corrected chi connectivity index (χ3v) is 4.59. The highest BCUT2D eigenvalue weighted by atomic mass is 16.2. The molecule has 0 spiro atoms. The summed E-state index contributed by atoms with van der Waals surface area (Å²) < 4.78 is 0. The summed E-state index contributed by atoms with van der Waals surface area (Å²) in [4.78, 5) is 18.9. The number of nitrogens with zero attached hydrogens (tertiary/aromatic N) is 2. The first-order valence-corrected chi connectivity index (χ1v) is 8.13. The van der Waals surface area contributed by atoms with Crippen molar-refractivity contribution in [2.45, 2.75) is 52.0 Å². The van der Waals surface area contributed by atoms with Crippen LogP contribution in [0.4, 0.5) is 5.82 Å². The summed E-state index contributed by atoms with van der Waals surface area (Å²) in [7, 11) is 1.92. The first kappa shape index (κ1) is 15.8. The van der Waals surface area contributed by atoms with E-state index in [0.29, 0.717) is 11.7 Å². The van der Waals surface area contributed by atoms with Gasteiger partial charge in [-0.1, -0.05) is 19.4 Å². The first-order chi connectivity index (χ1) is 10.2. The van der Waals surface area contributed by atoms with E-state index < -0.39 is 0 Å². The van der Waals surface area contributed by atoms with Crippen LogP contribution in [0, 0.1) is 5.92 Å². The van der Waals surface area contributed by atoms with Crippen molar-refractivity contribution in [1.82, 2.24) is 9.88 Å². The predicted octanol–water partition coefficient (Wildman–Crippen LogP) is 3.55. The van der Waals surface area contributed by atoms with Crippen molar-refractivity contribution in [2.75, 3.05) is 18.9 Å². The number of nitrogens with one attached hydrogen (secondary N) is 1. The number of carbonyl (C=O) groups excluding carboxylic acids is 1. The standard InChI is InChI=1S/C17H27N3O/c1-4-13-9-11-14(12-10-13)20(3)17(21)15-7-6-8-16(19-15)18-5-2/h6-8,13-14H,4-5,9-12H2,1-3H3,(H,18,19). The van der Waals surface area contributed by atoms with E-state index in [9.17, 15) is 4.79 Å². The Morgan fingerprint density at radius 1 is 1.29 bits per heavy atom. The minimum absolute atomic E-state index is 0.0368. The number of rotatable bonds is 5. The second-order valence-corrected chi connectivity index (χ2v) is 5.94. The van der Waals surface area contributed by atoms with E-state index in [1.807, 2.05) is 31.0 Å². The molecule has 1 amide bonds. The van der Waals surface area contributed by atoms with Gasteiger partial charge in [-0.3, -0.25) is 4.79 Å². The monoisotopic (exact) mass is 289 g/mol. The molecule has 4 nitrogen and oxygen atoms in total. The lowest BCUT2D eigenvalue weighted by molar-refractivity contribution is 0.0669. The van der Waals surface area contributed by atoms with Crippen LogP contribution in [-0.2, 0) is 0 Å². The van der Waals surface area contributed by atoms with Crippen LogP contribution < -0.4 is 5.32 Å². The summed E-state index contributed by atoms with van der Waals surface area (Å²) in [6.07, 6.45) is 5.98. The minimum Gasteiger partial charge on any atom is -0.370 e. The number of anilines is 1. The molecule has 1 aromatic heterocycles. The highest BCUT2D eigenvalue weighted by molar-refractivity contribution is 5.92. The normalized spacial score (nSPS) is 21.9. The number of amides is 1. The molecule has 1 fully saturated rings. The highest BCUT2D eigenvalue weighted by Gasteiger charge is 2.26. The summed E-state index contributed by atoms with van der Waals surface area (Å²) in [5.74, 6) is 1.65. The molecule has 1 saturated carbocycles. The van der Waals surface area contributed by atoms with Crippen LogP contribution in [0.2, 0.25) is 0 Å². The van der Waals surface area contributed by atoms with Gasteiger partial charge in [0.05, 0.1) is 0 Å².